The van der Waals surface area contributed by atoms with E-state index in [1.807, 2.05) is 0 Å². The van der Waals surface area contributed by atoms with Gasteiger partial charge in [-0.25, -0.2) is 0 Å². The SMILES string of the molecule is CCC(C(=O)N1CCn2c(nnc2C(F)(F)F)C1)C(N)=S. The van der Waals surface area contributed by atoms with Gasteiger partial charge in [0.2, 0.25) is 11.7 Å². The minimum atomic E-state index is -4.55. The van der Waals surface area contributed by atoms with Crippen molar-refractivity contribution in [3.05, 3.63) is 11.6 Å². The van der Waals surface area contributed by atoms with Crippen LogP contribution in [0, 0.1) is 5.92 Å². The molecule has 1 unspecified atom stereocenters. The lowest BCUT2D eigenvalue weighted by molar-refractivity contribution is -0.148. The van der Waals surface area contributed by atoms with Crippen molar-refractivity contribution in [1.29, 1.82) is 0 Å². The predicted octanol–water partition coefficient (Wildman–Crippen LogP) is 0.951. The van der Waals surface area contributed by atoms with Gasteiger partial charge < -0.3 is 15.2 Å². The third-order valence-electron chi connectivity index (χ3n) is 3.37. The first kappa shape index (κ1) is 15.7. The van der Waals surface area contributed by atoms with Gasteiger partial charge in [0.05, 0.1) is 17.5 Å². The van der Waals surface area contributed by atoms with Crippen molar-refractivity contribution in [2.75, 3.05) is 6.54 Å². The summed E-state index contributed by atoms with van der Waals surface area (Å²) >= 11 is 4.84. The first-order valence-electron chi connectivity index (χ1n) is 6.33. The Hall–Kier alpha value is -1.71. The molecule has 1 aromatic rings. The first-order valence-corrected chi connectivity index (χ1v) is 6.74. The minimum Gasteiger partial charge on any atom is -0.393 e. The molecule has 1 aliphatic rings. The molecular weight excluding hydrogens is 307 g/mol. The van der Waals surface area contributed by atoms with Gasteiger partial charge in [-0.1, -0.05) is 19.1 Å². The summed E-state index contributed by atoms with van der Waals surface area (Å²) < 4.78 is 39.1. The van der Waals surface area contributed by atoms with Crippen LogP contribution < -0.4 is 5.73 Å². The molecule has 1 amide bonds. The standard InChI is InChI=1S/C11H14F3N5OS/c1-2-6(8(15)21)9(20)18-3-4-19-7(5-18)16-17-10(19)11(12,13)14/h6H,2-5H2,1H3,(H2,15,21). The van der Waals surface area contributed by atoms with E-state index < -0.39 is 17.9 Å². The summed E-state index contributed by atoms with van der Waals surface area (Å²) in [6.07, 6.45) is -4.10. The van der Waals surface area contributed by atoms with Crippen molar-refractivity contribution in [3.63, 3.8) is 0 Å². The topological polar surface area (TPSA) is 77.0 Å². The van der Waals surface area contributed by atoms with E-state index in [-0.39, 0.29) is 36.4 Å². The van der Waals surface area contributed by atoms with E-state index >= 15 is 0 Å². The number of rotatable bonds is 3. The van der Waals surface area contributed by atoms with Gasteiger partial charge in [0.1, 0.15) is 0 Å². The molecular formula is C11H14F3N5OS. The molecule has 1 atom stereocenters. The van der Waals surface area contributed by atoms with Crippen molar-refractivity contribution < 1.29 is 18.0 Å². The van der Waals surface area contributed by atoms with Crippen LogP contribution >= 0.6 is 12.2 Å². The van der Waals surface area contributed by atoms with Crippen molar-refractivity contribution in [1.82, 2.24) is 19.7 Å². The Morgan fingerprint density at radius 1 is 1.43 bits per heavy atom. The minimum absolute atomic E-state index is 0.00329. The summed E-state index contributed by atoms with van der Waals surface area (Å²) in [5, 5.41) is 6.68. The molecule has 1 aromatic heterocycles. The molecule has 10 heteroatoms. The zero-order valence-corrected chi connectivity index (χ0v) is 12.0. The summed E-state index contributed by atoms with van der Waals surface area (Å²) in [5.74, 6) is -1.81. The van der Waals surface area contributed by atoms with Gasteiger partial charge in [-0.05, 0) is 6.42 Å². The second kappa shape index (κ2) is 5.58. The van der Waals surface area contributed by atoms with E-state index in [1.54, 1.807) is 6.92 Å². The summed E-state index contributed by atoms with van der Waals surface area (Å²) in [4.78, 5) is 13.8. The largest absolute Gasteiger partial charge is 0.451 e. The number of fused-ring (bicyclic) bond motifs is 1. The van der Waals surface area contributed by atoms with Crippen LogP contribution in [0.5, 0.6) is 0 Å². The summed E-state index contributed by atoms with van der Waals surface area (Å²) in [6.45, 7) is 1.89. The number of hydrogen-bond donors (Lipinski definition) is 1. The van der Waals surface area contributed by atoms with Crippen LogP contribution in [-0.2, 0) is 24.1 Å². The van der Waals surface area contributed by atoms with E-state index in [1.165, 1.54) is 4.90 Å². The maximum Gasteiger partial charge on any atom is 0.451 e. The van der Waals surface area contributed by atoms with E-state index in [0.29, 0.717) is 6.42 Å². The molecule has 6 nitrogen and oxygen atoms in total. The maximum atomic E-state index is 12.7. The van der Waals surface area contributed by atoms with Crippen molar-refractivity contribution >= 4 is 23.1 Å². The number of carbonyl (C=O) groups excluding carboxylic acids is 1. The molecule has 0 radical (unpaired) electrons. The quantitative estimate of drug-likeness (QED) is 0.839. The monoisotopic (exact) mass is 321 g/mol. The Morgan fingerprint density at radius 2 is 2.10 bits per heavy atom. The lowest BCUT2D eigenvalue weighted by Crippen LogP contribution is -2.45. The number of alkyl halides is 3. The highest BCUT2D eigenvalue weighted by atomic mass is 32.1. The highest BCUT2D eigenvalue weighted by Crippen LogP contribution is 2.29. The van der Waals surface area contributed by atoms with Crippen LogP contribution in [0.2, 0.25) is 0 Å². The molecule has 0 aromatic carbocycles. The second-order valence-corrected chi connectivity index (χ2v) is 5.18. The van der Waals surface area contributed by atoms with E-state index in [0.717, 1.165) is 4.57 Å². The van der Waals surface area contributed by atoms with Crippen LogP contribution in [0.4, 0.5) is 13.2 Å². The first-order chi connectivity index (χ1) is 9.75. The molecule has 21 heavy (non-hydrogen) atoms. The average Bonchev–Trinajstić information content (AvgIpc) is 2.81. The highest BCUT2D eigenvalue weighted by molar-refractivity contribution is 7.80. The molecule has 0 fully saturated rings. The normalized spacial score (nSPS) is 16.5. The Bertz CT molecular complexity index is 571. The van der Waals surface area contributed by atoms with Crippen LogP contribution in [0.15, 0.2) is 0 Å². The molecule has 0 bridgehead atoms. The van der Waals surface area contributed by atoms with E-state index in [2.05, 4.69) is 10.2 Å². The molecule has 1 aliphatic heterocycles. The van der Waals surface area contributed by atoms with E-state index in [4.69, 9.17) is 18.0 Å². The number of thiocarbonyl (C=S) groups is 1. The lowest BCUT2D eigenvalue weighted by atomic mass is 10.0. The molecule has 2 rings (SSSR count). The highest BCUT2D eigenvalue weighted by Gasteiger charge is 2.40. The average molecular weight is 321 g/mol. The molecule has 0 saturated carbocycles. The number of halogens is 3. The zero-order chi connectivity index (χ0) is 15.8. The predicted molar refractivity (Wildman–Crippen MR) is 71.0 cm³/mol. The van der Waals surface area contributed by atoms with Crippen LogP contribution in [0.3, 0.4) is 0 Å². The second-order valence-electron chi connectivity index (χ2n) is 4.71. The number of hydrogen-bond acceptors (Lipinski definition) is 4. The molecule has 0 aliphatic carbocycles. The number of nitrogens with two attached hydrogens (primary N) is 1. The maximum absolute atomic E-state index is 12.7. The number of amides is 1. The number of carbonyl (C=O) groups is 1. The number of nitrogens with zero attached hydrogens (tertiary/aromatic N) is 4. The van der Waals surface area contributed by atoms with Crippen LogP contribution in [0.1, 0.15) is 25.0 Å². The third kappa shape index (κ3) is 2.99. The van der Waals surface area contributed by atoms with Gasteiger partial charge in [0, 0.05) is 13.1 Å². The van der Waals surface area contributed by atoms with Gasteiger partial charge >= 0.3 is 6.18 Å². The van der Waals surface area contributed by atoms with Gasteiger partial charge in [-0.15, -0.1) is 10.2 Å². The Morgan fingerprint density at radius 3 is 2.62 bits per heavy atom. The fraction of sp³-hybridized carbons (Fsp3) is 0.636. The van der Waals surface area contributed by atoms with Gasteiger partial charge in [0.15, 0.2) is 5.82 Å². The van der Waals surface area contributed by atoms with Crippen molar-refractivity contribution in [2.45, 2.75) is 32.6 Å². The zero-order valence-electron chi connectivity index (χ0n) is 11.2. The molecule has 116 valence electrons. The Labute approximate surface area is 124 Å². The van der Waals surface area contributed by atoms with Gasteiger partial charge in [0.25, 0.3) is 0 Å². The van der Waals surface area contributed by atoms with Crippen LogP contribution in [-0.4, -0.2) is 37.1 Å². The molecule has 0 spiro atoms. The molecule has 2 N–H and O–H groups in total. The van der Waals surface area contributed by atoms with Crippen molar-refractivity contribution in [2.24, 2.45) is 11.7 Å². The molecule has 0 saturated heterocycles. The van der Waals surface area contributed by atoms with Crippen molar-refractivity contribution in [3.8, 4) is 0 Å². The fourth-order valence-electron chi connectivity index (χ4n) is 2.27. The number of aromatic nitrogens is 3. The summed E-state index contributed by atoms with van der Waals surface area (Å²) in [5.41, 5.74) is 5.51. The van der Waals surface area contributed by atoms with Gasteiger partial charge in [-0.2, -0.15) is 13.2 Å². The summed E-state index contributed by atoms with van der Waals surface area (Å²) in [7, 11) is 0. The molecule has 2 heterocycles. The summed E-state index contributed by atoms with van der Waals surface area (Å²) in [6, 6.07) is 0. The smallest absolute Gasteiger partial charge is 0.393 e. The van der Waals surface area contributed by atoms with Gasteiger partial charge in [-0.3, -0.25) is 4.79 Å². The Kier molecular flexibility index (Phi) is 4.17. The van der Waals surface area contributed by atoms with Crippen LogP contribution in [0.25, 0.3) is 0 Å². The van der Waals surface area contributed by atoms with E-state index in [9.17, 15) is 18.0 Å². The third-order valence-corrected chi connectivity index (χ3v) is 3.65. The Balaban J connectivity index is 2.19. The lowest BCUT2D eigenvalue weighted by Gasteiger charge is -2.30. The fourth-order valence-corrected chi connectivity index (χ4v) is 2.54.